The SMILES string of the molecule is C[C@H]1CCCN1CCC(C)(C)C. The van der Waals surface area contributed by atoms with Crippen LogP contribution in [-0.2, 0) is 0 Å². The van der Waals surface area contributed by atoms with Crippen molar-refractivity contribution in [3.05, 3.63) is 0 Å². The summed E-state index contributed by atoms with van der Waals surface area (Å²) in [6.07, 6.45) is 4.15. The van der Waals surface area contributed by atoms with Crippen molar-refractivity contribution >= 4 is 0 Å². The molecule has 72 valence electrons. The van der Waals surface area contributed by atoms with Crippen LogP contribution in [0.25, 0.3) is 0 Å². The van der Waals surface area contributed by atoms with E-state index in [0.717, 1.165) is 6.04 Å². The first-order valence-corrected chi connectivity index (χ1v) is 5.23. The molecule has 1 aliphatic heterocycles. The molecule has 1 fully saturated rings. The van der Waals surface area contributed by atoms with Crippen molar-refractivity contribution in [1.82, 2.24) is 4.90 Å². The van der Waals surface area contributed by atoms with Crippen LogP contribution in [0.5, 0.6) is 0 Å². The maximum Gasteiger partial charge on any atom is 0.00674 e. The summed E-state index contributed by atoms with van der Waals surface area (Å²) >= 11 is 0. The van der Waals surface area contributed by atoms with Crippen molar-refractivity contribution in [2.24, 2.45) is 5.41 Å². The van der Waals surface area contributed by atoms with Gasteiger partial charge in [0.2, 0.25) is 0 Å². The Morgan fingerprint density at radius 2 is 2.00 bits per heavy atom. The summed E-state index contributed by atoms with van der Waals surface area (Å²) in [5.41, 5.74) is 0.502. The molecule has 12 heavy (non-hydrogen) atoms. The molecule has 1 heteroatoms. The van der Waals surface area contributed by atoms with E-state index in [1.807, 2.05) is 0 Å². The minimum atomic E-state index is 0.502. The first-order chi connectivity index (χ1) is 5.49. The van der Waals surface area contributed by atoms with Gasteiger partial charge in [-0.25, -0.2) is 0 Å². The quantitative estimate of drug-likeness (QED) is 0.614. The van der Waals surface area contributed by atoms with Gasteiger partial charge in [0.05, 0.1) is 0 Å². The van der Waals surface area contributed by atoms with Crippen LogP contribution in [0.1, 0.15) is 47.0 Å². The van der Waals surface area contributed by atoms with Crippen LogP contribution in [0, 0.1) is 5.41 Å². The molecule has 1 atom stereocenters. The van der Waals surface area contributed by atoms with E-state index in [0.29, 0.717) is 5.41 Å². The zero-order valence-corrected chi connectivity index (χ0v) is 9.06. The highest BCUT2D eigenvalue weighted by Gasteiger charge is 2.21. The molecule has 0 aromatic carbocycles. The lowest BCUT2D eigenvalue weighted by Gasteiger charge is -2.26. The normalized spacial score (nSPS) is 26.5. The lowest BCUT2D eigenvalue weighted by Crippen LogP contribution is -2.30. The Morgan fingerprint density at radius 3 is 2.42 bits per heavy atom. The van der Waals surface area contributed by atoms with Gasteiger partial charge in [-0.1, -0.05) is 20.8 Å². The maximum absolute atomic E-state index is 2.63. The molecule has 1 aliphatic rings. The van der Waals surface area contributed by atoms with E-state index >= 15 is 0 Å². The fourth-order valence-electron chi connectivity index (χ4n) is 1.80. The van der Waals surface area contributed by atoms with E-state index in [1.54, 1.807) is 0 Å². The molecule has 0 aromatic heterocycles. The summed E-state index contributed by atoms with van der Waals surface area (Å²) < 4.78 is 0. The van der Waals surface area contributed by atoms with E-state index in [1.165, 1.54) is 32.4 Å². The zero-order chi connectivity index (χ0) is 9.19. The number of likely N-dealkylation sites (tertiary alicyclic amines) is 1. The fraction of sp³-hybridized carbons (Fsp3) is 1.00. The van der Waals surface area contributed by atoms with E-state index in [-0.39, 0.29) is 0 Å². The fourth-order valence-corrected chi connectivity index (χ4v) is 1.80. The van der Waals surface area contributed by atoms with Gasteiger partial charge in [0, 0.05) is 6.04 Å². The third-order valence-corrected chi connectivity index (χ3v) is 2.84. The molecule has 1 nitrogen and oxygen atoms in total. The standard InChI is InChI=1S/C11H23N/c1-10-6-5-8-12(10)9-7-11(2,3)4/h10H,5-9H2,1-4H3/t10-/m0/s1. The van der Waals surface area contributed by atoms with Gasteiger partial charge in [0.1, 0.15) is 0 Å². The van der Waals surface area contributed by atoms with Gasteiger partial charge < -0.3 is 4.90 Å². The number of hydrogen-bond donors (Lipinski definition) is 0. The second-order valence-corrected chi connectivity index (χ2v) is 5.34. The Kier molecular flexibility index (Phi) is 3.16. The monoisotopic (exact) mass is 169 g/mol. The Bertz CT molecular complexity index is 134. The van der Waals surface area contributed by atoms with Crippen molar-refractivity contribution in [1.29, 1.82) is 0 Å². The summed E-state index contributed by atoms with van der Waals surface area (Å²) in [5, 5.41) is 0. The maximum atomic E-state index is 2.63. The third kappa shape index (κ3) is 3.14. The predicted octanol–water partition coefficient (Wildman–Crippen LogP) is 2.91. The number of rotatable bonds is 2. The Morgan fingerprint density at radius 1 is 1.33 bits per heavy atom. The molecule has 0 bridgehead atoms. The Labute approximate surface area is 77.1 Å². The van der Waals surface area contributed by atoms with Crippen molar-refractivity contribution in [3.63, 3.8) is 0 Å². The van der Waals surface area contributed by atoms with Gasteiger partial charge in [0.15, 0.2) is 0 Å². The molecule has 0 saturated carbocycles. The molecule has 0 aromatic rings. The first kappa shape index (κ1) is 10.0. The molecule has 1 saturated heterocycles. The van der Waals surface area contributed by atoms with Crippen LogP contribution in [0.3, 0.4) is 0 Å². The molecule has 0 N–H and O–H groups in total. The second-order valence-electron chi connectivity index (χ2n) is 5.34. The lowest BCUT2D eigenvalue weighted by atomic mass is 9.92. The molecule has 0 spiro atoms. The lowest BCUT2D eigenvalue weighted by molar-refractivity contribution is 0.223. The second kappa shape index (κ2) is 3.78. The highest BCUT2D eigenvalue weighted by Crippen LogP contribution is 2.22. The summed E-state index contributed by atoms with van der Waals surface area (Å²) in [4.78, 5) is 2.63. The summed E-state index contributed by atoms with van der Waals surface area (Å²) in [6.45, 7) is 12.0. The summed E-state index contributed by atoms with van der Waals surface area (Å²) in [7, 11) is 0. The molecular weight excluding hydrogens is 146 g/mol. The third-order valence-electron chi connectivity index (χ3n) is 2.84. The highest BCUT2D eigenvalue weighted by atomic mass is 15.2. The summed E-state index contributed by atoms with van der Waals surface area (Å²) in [5.74, 6) is 0. The van der Waals surface area contributed by atoms with E-state index in [2.05, 4.69) is 32.6 Å². The Hall–Kier alpha value is -0.0400. The van der Waals surface area contributed by atoms with Crippen molar-refractivity contribution in [2.45, 2.75) is 53.0 Å². The van der Waals surface area contributed by atoms with Gasteiger partial charge in [0.25, 0.3) is 0 Å². The van der Waals surface area contributed by atoms with Gasteiger partial charge in [-0.2, -0.15) is 0 Å². The minimum Gasteiger partial charge on any atom is -0.301 e. The van der Waals surface area contributed by atoms with Crippen LogP contribution in [0.4, 0.5) is 0 Å². The number of hydrogen-bond acceptors (Lipinski definition) is 1. The van der Waals surface area contributed by atoms with Crippen molar-refractivity contribution < 1.29 is 0 Å². The Balaban J connectivity index is 2.23. The minimum absolute atomic E-state index is 0.502. The van der Waals surface area contributed by atoms with E-state index < -0.39 is 0 Å². The average molecular weight is 169 g/mol. The summed E-state index contributed by atoms with van der Waals surface area (Å²) in [6, 6.07) is 0.840. The van der Waals surface area contributed by atoms with Crippen LogP contribution in [0.2, 0.25) is 0 Å². The molecule has 0 amide bonds. The molecule has 1 heterocycles. The van der Waals surface area contributed by atoms with Gasteiger partial charge in [-0.3, -0.25) is 0 Å². The van der Waals surface area contributed by atoms with Crippen LogP contribution < -0.4 is 0 Å². The van der Waals surface area contributed by atoms with Gasteiger partial charge in [-0.15, -0.1) is 0 Å². The molecule has 0 unspecified atom stereocenters. The molecule has 0 radical (unpaired) electrons. The van der Waals surface area contributed by atoms with Crippen molar-refractivity contribution in [2.75, 3.05) is 13.1 Å². The molecular formula is C11H23N. The average Bonchev–Trinajstić information content (AvgIpc) is 2.29. The number of nitrogens with zero attached hydrogens (tertiary/aromatic N) is 1. The smallest absolute Gasteiger partial charge is 0.00674 e. The van der Waals surface area contributed by atoms with E-state index in [9.17, 15) is 0 Å². The van der Waals surface area contributed by atoms with Gasteiger partial charge in [-0.05, 0) is 44.7 Å². The highest BCUT2D eigenvalue weighted by molar-refractivity contribution is 4.76. The first-order valence-electron chi connectivity index (χ1n) is 5.23. The predicted molar refractivity (Wildman–Crippen MR) is 54.3 cm³/mol. The van der Waals surface area contributed by atoms with Crippen LogP contribution in [0.15, 0.2) is 0 Å². The molecule has 0 aliphatic carbocycles. The zero-order valence-electron chi connectivity index (χ0n) is 9.06. The van der Waals surface area contributed by atoms with Gasteiger partial charge >= 0.3 is 0 Å². The largest absolute Gasteiger partial charge is 0.301 e. The molecule has 1 rings (SSSR count). The van der Waals surface area contributed by atoms with Crippen LogP contribution >= 0.6 is 0 Å². The van der Waals surface area contributed by atoms with E-state index in [4.69, 9.17) is 0 Å². The van der Waals surface area contributed by atoms with Crippen LogP contribution in [-0.4, -0.2) is 24.0 Å². The van der Waals surface area contributed by atoms with Crippen molar-refractivity contribution in [3.8, 4) is 0 Å². The topological polar surface area (TPSA) is 3.24 Å².